The molecule has 0 radical (unpaired) electrons. The van der Waals surface area contributed by atoms with E-state index in [2.05, 4.69) is 250 Å². The molecule has 0 saturated carbocycles. The maximum absolute atomic E-state index is 7.20. The SMILES string of the molecule is c1ccc(N2c3ccccc3B3c4cc5c(cc4Oc4cccc2c43)N(c2ccccc2)c2cccc3c2B5c2ccc4c(c2N3c2ccccc2)c2ccccc2n4-c2ccccc2)cc1. The summed E-state index contributed by atoms with van der Waals surface area (Å²) in [6, 6.07) is 84.3. The van der Waals surface area contributed by atoms with Crippen LogP contribution in [0.3, 0.4) is 0 Å². The highest BCUT2D eigenvalue weighted by Gasteiger charge is 2.47. The number of fused-ring (bicyclic) bond motifs is 12. The predicted molar refractivity (Wildman–Crippen MR) is 281 cm³/mol. The number of rotatable bonds is 4. The normalized spacial score (nSPS) is 13.6. The van der Waals surface area contributed by atoms with Crippen LogP contribution in [-0.4, -0.2) is 18.0 Å². The Morgan fingerprint density at radius 3 is 1.57 bits per heavy atom. The highest BCUT2D eigenvalue weighted by Crippen LogP contribution is 2.49. The van der Waals surface area contributed by atoms with Gasteiger partial charge in [0.2, 0.25) is 0 Å². The molecule has 0 amide bonds. The molecule has 0 atom stereocenters. The van der Waals surface area contributed by atoms with Crippen molar-refractivity contribution in [3.05, 3.63) is 231 Å². The van der Waals surface area contributed by atoms with Gasteiger partial charge in [0.05, 0.1) is 16.7 Å². The van der Waals surface area contributed by atoms with E-state index >= 15 is 0 Å². The van der Waals surface area contributed by atoms with E-state index in [0.29, 0.717) is 0 Å². The van der Waals surface area contributed by atoms with Gasteiger partial charge in [0.25, 0.3) is 13.4 Å². The first-order chi connectivity index (χ1) is 33.3. The fraction of sp³-hybridized carbons (Fsp3) is 0. The number of aromatic nitrogens is 1. The number of benzene rings is 10. The Balaban J connectivity index is 1.05. The van der Waals surface area contributed by atoms with Crippen LogP contribution in [0, 0.1) is 0 Å². The van der Waals surface area contributed by atoms with Crippen molar-refractivity contribution < 1.29 is 4.74 Å². The first-order valence-corrected chi connectivity index (χ1v) is 23.2. The molecule has 0 aliphatic carbocycles. The van der Waals surface area contributed by atoms with E-state index in [1.807, 2.05) is 0 Å². The number of para-hydroxylation sites is 6. The molecule has 11 aromatic rings. The summed E-state index contributed by atoms with van der Waals surface area (Å²) in [6.07, 6.45) is 0. The van der Waals surface area contributed by atoms with Crippen LogP contribution < -0.4 is 52.2 Å². The van der Waals surface area contributed by atoms with Crippen molar-refractivity contribution in [1.29, 1.82) is 0 Å². The third kappa shape index (κ3) is 5.06. The molecule has 0 fully saturated rings. The molecule has 0 bridgehead atoms. The van der Waals surface area contributed by atoms with E-state index in [1.54, 1.807) is 0 Å². The highest BCUT2D eigenvalue weighted by atomic mass is 16.5. The molecule has 7 heteroatoms. The molecule has 15 rings (SSSR count). The standard InChI is InChI=1S/C60H38B2N4O/c1-5-19-39(20-6-1)63-48-29-15-13-27-43(48)57-50(63)36-35-45-60(57)66(42-25-11-4-12-26-42)52-32-17-31-51-58(52)62(45)46-37-47-56(38-54(46)65(51)41-23-9-3-10-24-41)67-55-34-18-33-53-59(55)61(47)44-28-14-16-30-49(44)64(53)40-21-7-2-8-22-40/h1-38H. The summed E-state index contributed by atoms with van der Waals surface area (Å²) in [5.41, 5.74) is 21.4. The van der Waals surface area contributed by atoms with Crippen molar-refractivity contribution in [1.82, 2.24) is 4.57 Å². The summed E-state index contributed by atoms with van der Waals surface area (Å²) in [5.74, 6) is 1.79. The number of hydrogen-bond acceptors (Lipinski definition) is 4. The molecule has 67 heavy (non-hydrogen) atoms. The van der Waals surface area contributed by atoms with Crippen LogP contribution >= 0.6 is 0 Å². The molecule has 4 aliphatic heterocycles. The minimum absolute atomic E-state index is 0.0477. The fourth-order valence-corrected chi connectivity index (χ4v) is 12.0. The van der Waals surface area contributed by atoms with Crippen LogP contribution in [0.15, 0.2) is 231 Å². The van der Waals surface area contributed by atoms with Gasteiger partial charge in [-0.1, -0.05) is 133 Å². The van der Waals surface area contributed by atoms with Crippen molar-refractivity contribution in [3.8, 4) is 17.2 Å². The zero-order chi connectivity index (χ0) is 43.7. The molecular weight excluding hydrogens is 814 g/mol. The lowest BCUT2D eigenvalue weighted by atomic mass is 9.30. The molecule has 5 nitrogen and oxygen atoms in total. The topological polar surface area (TPSA) is 23.9 Å². The van der Waals surface area contributed by atoms with E-state index in [0.717, 1.165) is 45.6 Å². The van der Waals surface area contributed by atoms with Crippen molar-refractivity contribution in [2.75, 3.05) is 14.7 Å². The maximum Gasteiger partial charge on any atom is 0.256 e. The lowest BCUT2D eigenvalue weighted by molar-refractivity contribution is 0.488. The van der Waals surface area contributed by atoms with Crippen molar-refractivity contribution >= 4 is 119 Å². The van der Waals surface area contributed by atoms with E-state index in [-0.39, 0.29) is 13.4 Å². The predicted octanol–water partition coefficient (Wildman–Crippen LogP) is 11.3. The van der Waals surface area contributed by atoms with Crippen LogP contribution in [0.25, 0.3) is 27.5 Å². The second-order valence-electron chi connectivity index (χ2n) is 18.0. The fourth-order valence-electron chi connectivity index (χ4n) is 12.0. The molecule has 0 N–H and O–H groups in total. The van der Waals surface area contributed by atoms with Crippen molar-refractivity contribution in [2.45, 2.75) is 0 Å². The Kier molecular flexibility index (Phi) is 7.61. The van der Waals surface area contributed by atoms with Crippen LogP contribution in [0.2, 0.25) is 0 Å². The van der Waals surface area contributed by atoms with Crippen LogP contribution in [0.5, 0.6) is 11.5 Å². The summed E-state index contributed by atoms with van der Waals surface area (Å²) in [7, 11) is 0. The summed E-state index contributed by atoms with van der Waals surface area (Å²) in [5, 5.41) is 2.47. The van der Waals surface area contributed by atoms with Crippen LogP contribution in [0.4, 0.5) is 51.2 Å². The van der Waals surface area contributed by atoms with Gasteiger partial charge in [-0.15, -0.1) is 0 Å². The monoisotopic (exact) mass is 852 g/mol. The smallest absolute Gasteiger partial charge is 0.256 e. The quantitative estimate of drug-likeness (QED) is 0.165. The van der Waals surface area contributed by atoms with Gasteiger partial charge >= 0.3 is 0 Å². The maximum atomic E-state index is 7.20. The second kappa shape index (κ2) is 13.9. The van der Waals surface area contributed by atoms with Crippen LogP contribution in [-0.2, 0) is 0 Å². The van der Waals surface area contributed by atoms with E-state index in [9.17, 15) is 0 Å². The summed E-state index contributed by atoms with van der Waals surface area (Å²) in [4.78, 5) is 7.42. The molecule has 0 spiro atoms. The highest BCUT2D eigenvalue weighted by molar-refractivity contribution is 7.02. The number of ether oxygens (including phenoxy) is 1. The third-order valence-electron chi connectivity index (χ3n) is 14.6. The van der Waals surface area contributed by atoms with E-state index < -0.39 is 0 Å². The molecule has 10 aromatic carbocycles. The van der Waals surface area contributed by atoms with Crippen LogP contribution in [0.1, 0.15) is 0 Å². The molecule has 1 aromatic heterocycles. The summed E-state index contributed by atoms with van der Waals surface area (Å²) < 4.78 is 9.64. The molecular formula is C60H38B2N4O. The molecule has 5 heterocycles. The van der Waals surface area contributed by atoms with Gasteiger partial charge in [-0.05, 0) is 124 Å². The Bertz CT molecular complexity index is 3820. The second-order valence-corrected chi connectivity index (χ2v) is 18.0. The average Bonchev–Trinajstić information content (AvgIpc) is 3.74. The van der Waals surface area contributed by atoms with E-state index in [4.69, 9.17) is 4.74 Å². The van der Waals surface area contributed by atoms with Gasteiger partial charge in [0, 0.05) is 68.0 Å². The van der Waals surface area contributed by atoms with Gasteiger partial charge in [-0.3, -0.25) is 0 Å². The average molecular weight is 853 g/mol. The molecule has 0 unspecified atom stereocenters. The first-order valence-electron chi connectivity index (χ1n) is 23.2. The minimum atomic E-state index is -0.0963. The number of nitrogens with zero attached hydrogens (tertiary/aromatic N) is 4. The van der Waals surface area contributed by atoms with Gasteiger partial charge < -0.3 is 24.0 Å². The van der Waals surface area contributed by atoms with Gasteiger partial charge in [0.15, 0.2) is 0 Å². The Hall–Kier alpha value is -8.67. The van der Waals surface area contributed by atoms with Crippen molar-refractivity contribution in [3.63, 3.8) is 0 Å². The molecule has 310 valence electrons. The summed E-state index contributed by atoms with van der Waals surface area (Å²) >= 11 is 0. The third-order valence-corrected chi connectivity index (χ3v) is 14.6. The lowest BCUT2D eigenvalue weighted by Gasteiger charge is -2.45. The molecule has 0 saturated heterocycles. The van der Waals surface area contributed by atoms with Gasteiger partial charge in [-0.2, -0.15) is 0 Å². The molecule has 4 aliphatic rings. The minimum Gasteiger partial charge on any atom is -0.458 e. The van der Waals surface area contributed by atoms with Crippen molar-refractivity contribution in [2.24, 2.45) is 0 Å². The largest absolute Gasteiger partial charge is 0.458 e. The van der Waals surface area contributed by atoms with E-state index in [1.165, 1.54) is 77.3 Å². The Labute approximate surface area is 389 Å². The summed E-state index contributed by atoms with van der Waals surface area (Å²) in [6.45, 7) is -0.144. The zero-order valence-electron chi connectivity index (χ0n) is 36.3. The Morgan fingerprint density at radius 2 is 0.851 bits per heavy atom. The number of hydrogen-bond donors (Lipinski definition) is 0. The number of anilines is 9. The zero-order valence-corrected chi connectivity index (χ0v) is 36.3. The first kappa shape index (κ1) is 36.6. The lowest BCUT2D eigenvalue weighted by Crippen LogP contribution is -2.64. The van der Waals surface area contributed by atoms with Gasteiger partial charge in [-0.25, -0.2) is 0 Å². The van der Waals surface area contributed by atoms with Gasteiger partial charge in [0.1, 0.15) is 11.5 Å². The Morgan fingerprint density at radius 1 is 0.313 bits per heavy atom.